The Labute approximate surface area is 89.7 Å². The quantitative estimate of drug-likeness (QED) is 0.682. The van der Waals surface area contributed by atoms with Crippen molar-refractivity contribution in [2.24, 2.45) is 0 Å². The third kappa shape index (κ3) is 3.98. The van der Waals surface area contributed by atoms with Gasteiger partial charge in [0.1, 0.15) is 5.82 Å². The first-order valence-electron chi connectivity index (χ1n) is 4.69. The van der Waals surface area contributed by atoms with Crippen LogP contribution in [0.5, 0.6) is 0 Å². The summed E-state index contributed by atoms with van der Waals surface area (Å²) < 4.78 is 27.9. The van der Waals surface area contributed by atoms with E-state index in [1.54, 1.807) is 33.2 Å². The third-order valence-corrected chi connectivity index (χ3v) is 3.10. The molecule has 1 heterocycles. The fourth-order valence-electron chi connectivity index (χ4n) is 1.15. The molecule has 1 unspecified atom stereocenters. The zero-order valence-corrected chi connectivity index (χ0v) is 9.80. The second-order valence-corrected chi connectivity index (χ2v) is 5.07. The van der Waals surface area contributed by atoms with Crippen molar-refractivity contribution >= 4 is 10.2 Å². The Bertz CT molecular complexity index is 385. The van der Waals surface area contributed by atoms with Crippen LogP contribution in [0.4, 0.5) is 0 Å². The molecule has 0 aromatic carbocycles. The minimum Gasteiger partial charge on any atom is -0.347 e. The average Bonchev–Trinajstić information content (AvgIpc) is 2.50. The number of aromatic amines is 1. The molecule has 0 amide bonds. The number of H-pyrrole nitrogens is 1. The SMILES string of the molecule is CC(C)NS(=O)(=O)NC(C)c1ncc[nH]1. The van der Waals surface area contributed by atoms with Gasteiger partial charge in [0.25, 0.3) is 10.2 Å². The summed E-state index contributed by atoms with van der Waals surface area (Å²) in [5, 5.41) is 0. The molecule has 86 valence electrons. The van der Waals surface area contributed by atoms with Crippen LogP contribution in [0.15, 0.2) is 12.4 Å². The predicted octanol–water partition coefficient (Wildman–Crippen LogP) is 0.303. The Morgan fingerprint density at radius 2 is 2.00 bits per heavy atom. The van der Waals surface area contributed by atoms with Crippen LogP contribution < -0.4 is 9.44 Å². The molecule has 0 aliphatic heterocycles. The molecular weight excluding hydrogens is 216 g/mol. The van der Waals surface area contributed by atoms with E-state index in [0.717, 1.165) is 0 Å². The summed E-state index contributed by atoms with van der Waals surface area (Å²) in [4.78, 5) is 6.82. The molecule has 0 saturated heterocycles. The number of imidazole rings is 1. The van der Waals surface area contributed by atoms with Crippen molar-refractivity contribution in [3.8, 4) is 0 Å². The van der Waals surface area contributed by atoms with E-state index in [4.69, 9.17) is 0 Å². The normalized spacial score (nSPS) is 14.4. The van der Waals surface area contributed by atoms with Gasteiger partial charge in [0.15, 0.2) is 0 Å². The fourth-order valence-corrected chi connectivity index (χ4v) is 2.41. The van der Waals surface area contributed by atoms with Crippen molar-refractivity contribution in [2.45, 2.75) is 32.9 Å². The van der Waals surface area contributed by atoms with Crippen molar-refractivity contribution < 1.29 is 8.42 Å². The highest BCUT2D eigenvalue weighted by Crippen LogP contribution is 2.06. The van der Waals surface area contributed by atoms with Gasteiger partial charge < -0.3 is 4.98 Å². The van der Waals surface area contributed by atoms with Crippen LogP contribution in [-0.2, 0) is 10.2 Å². The van der Waals surface area contributed by atoms with Gasteiger partial charge in [-0.25, -0.2) is 4.98 Å². The number of hydrogen-bond acceptors (Lipinski definition) is 3. The monoisotopic (exact) mass is 232 g/mol. The fraction of sp³-hybridized carbons (Fsp3) is 0.625. The predicted molar refractivity (Wildman–Crippen MR) is 57.3 cm³/mol. The molecule has 0 fully saturated rings. The maximum Gasteiger partial charge on any atom is 0.277 e. The Morgan fingerprint density at radius 3 is 2.47 bits per heavy atom. The van der Waals surface area contributed by atoms with Crippen molar-refractivity contribution in [3.63, 3.8) is 0 Å². The van der Waals surface area contributed by atoms with E-state index >= 15 is 0 Å². The molecule has 0 aliphatic rings. The summed E-state index contributed by atoms with van der Waals surface area (Å²) in [5.74, 6) is 0.587. The largest absolute Gasteiger partial charge is 0.347 e. The van der Waals surface area contributed by atoms with Gasteiger partial charge >= 0.3 is 0 Å². The molecule has 0 aliphatic carbocycles. The number of hydrogen-bond donors (Lipinski definition) is 3. The van der Waals surface area contributed by atoms with Crippen LogP contribution in [0.1, 0.15) is 32.6 Å². The van der Waals surface area contributed by atoms with Gasteiger partial charge in [-0.1, -0.05) is 0 Å². The summed E-state index contributed by atoms with van der Waals surface area (Å²) in [6.45, 7) is 5.24. The summed E-state index contributed by atoms with van der Waals surface area (Å²) >= 11 is 0. The van der Waals surface area contributed by atoms with Crippen molar-refractivity contribution in [3.05, 3.63) is 18.2 Å². The van der Waals surface area contributed by atoms with Gasteiger partial charge in [0.2, 0.25) is 0 Å². The van der Waals surface area contributed by atoms with Crippen LogP contribution in [0.3, 0.4) is 0 Å². The van der Waals surface area contributed by atoms with Crippen LogP contribution in [0.25, 0.3) is 0 Å². The molecule has 3 N–H and O–H groups in total. The van der Waals surface area contributed by atoms with E-state index < -0.39 is 10.2 Å². The first-order valence-corrected chi connectivity index (χ1v) is 6.18. The first kappa shape index (κ1) is 12.2. The summed E-state index contributed by atoms with van der Waals surface area (Å²) in [6, 6.07) is -0.512. The first-order chi connectivity index (χ1) is 6.91. The lowest BCUT2D eigenvalue weighted by Crippen LogP contribution is -2.41. The molecule has 1 rings (SSSR count). The Hall–Kier alpha value is -0.920. The molecule has 1 aromatic rings. The molecule has 15 heavy (non-hydrogen) atoms. The van der Waals surface area contributed by atoms with Crippen LogP contribution >= 0.6 is 0 Å². The van der Waals surface area contributed by atoms with E-state index in [1.807, 2.05) is 0 Å². The maximum absolute atomic E-state index is 11.5. The molecule has 1 aromatic heterocycles. The Balaban J connectivity index is 2.62. The summed E-state index contributed by atoms with van der Waals surface area (Å²) in [6.07, 6.45) is 3.23. The van der Waals surface area contributed by atoms with Gasteiger partial charge in [0.05, 0.1) is 6.04 Å². The lowest BCUT2D eigenvalue weighted by molar-refractivity contribution is 0.537. The minimum atomic E-state index is -3.47. The van der Waals surface area contributed by atoms with E-state index in [1.165, 1.54) is 0 Å². The number of rotatable bonds is 5. The zero-order valence-electron chi connectivity index (χ0n) is 8.98. The van der Waals surface area contributed by atoms with Gasteiger partial charge in [-0.3, -0.25) is 0 Å². The second kappa shape index (κ2) is 4.73. The van der Waals surface area contributed by atoms with Crippen LogP contribution in [-0.4, -0.2) is 24.4 Å². The molecular formula is C8H16N4O2S. The zero-order chi connectivity index (χ0) is 11.5. The van der Waals surface area contributed by atoms with Gasteiger partial charge in [-0.15, -0.1) is 0 Å². The average molecular weight is 232 g/mol. The van der Waals surface area contributed by atoms with Gasteiger partial charge in [-0.2, -0.15) is 17.9 Å². The highest BCUT2D eigenvalue weighted by molar-refractivity contribution is 7.87. The van der Waals surface area contributed by atoms with E-state index in [-0.39, 0.29) is 12.1 Å². The second-order valence-electron chi connectivity index (χ2n) is 3.59. The molecule has 6 nitrogen and oxygen atoms in total. The molecule has 7 heteroatoms. The highest BCUT2D eigenvalue weighted by Gasteiger charge is 2.17. The molecule has 1 atom stereocenters. The molecule has 0 spiro atoms. The van der Waals surface area contributed by atoms with Crippen molar-refractivity contribution in [2.75, 3.05) is 0 Å². The maximum atomic E-state index is 11.5. The van der Waals surface area contributed by atoms with Gasteiger partial charge in [0, 0.05) is 18.4 Å². The van der Waals surface area contributed by atoms with E-state index in [9.17, 15) is 8.42 Å². The van der Waals surface area contributed by atoms with Gasteiger partial charge in [-0.05, 0) is 20.8 Å². The molecule has 0 bridgehead atoms. The summed E-state index contributed by atoms with van der Waals surface area (Å²) in [5.41, 5.74) is 0. The minimum absolute atomic E-state index is 0.133. The molecule has 0 radical (unpaired) electrons. The van der Waals surface area contributed by atoms with E-state index in [2.05, 4.69) is 19.4 Å². The number of nitrogens with one attached hydrogen (secondary N) is 3. The molecule has 0 saturated carbocycles. The standard InChI is InChI=1S/C8H16N4O2S/c1-6(2)11-15(13,14)12-7(3)8-9-4-5-10-8/h4-7,11-12H,1-3H3,(H,9,10). The topological polar surface area (TPSA) is 86.9 Å². The number of nitrogens with zero attached hydrogens (tertiary/aromatic N) is 1. The van der Waals surface area contributed by atoms with Crippen molar-refractivity contribution in [1.82, 2.24) is 19.4 Å². The highest BCUT2D eigenvalue weighted by atomic mass is 32.2. The number of aromatic nitrogens is 2. The lowest BCUT2D eigenvalue weighted by atomic mass is 10.3. The smallest absolute Gasteiger partial charge is 0.277 e. The van der Waals surface area contributed by atoms with Crippen LogP contribution in [0, 0.1) is 0 Å². The summed E-state index contributed by atoms with van der Waals surface area (Å²) in [7, 11) is -3.47. The van der Waals surface area contributed by atoms with Crippen molar-refractivity contribution in [1.29, 1.82) is 0 Å². The Morgan fingerprint density at radius 1 is 1.33 bits per heavy atom. The third-order valence-electron chi connectivity index (χ3n) is 1.65. The van der Waals surface area contributed by atoms with E-state index in [0.29, 0.717) is 5.82 Å². The van der Waals surface area contributed by atoms with Crippen LogP contribution in [0.2, 0.25) is 0 Å². The Kier molecular flexibility index (Phi) is 3.83. The lowest BCUT2D eigenvalue weighted by Gasteiger charge is -2.14.